The first-order valence-electron chi connectivity index (χ1n) is 12.6. The highest BCUT2D eigenvalue weighted by Gasteiger charge is 2.33. The van der Waals surface area contributed by atoms with Gasteiger partial charge in [0.2, 0.25) is 21.7 Å². The van der Waals surface area contributed by atoms with Crippen molar-refractivity contribution in [2.75, 3.05) is 20.3 Å². The lowest BCUT2D eigenvalue weighted by atomic mass is 10.0. The fourth-order valence-corrected chi connectivity index (χ4v) is 5.85. The van der Waals surface area contributed by atoms with Gasteiger partial charge in [0, 0.05) is 31.0 Å². The fraction of sp³-hybridized carbons (Fsp3) is 0.241. The number of nitriles is 1. The van der Waals surface area contributed by atoms with Crippen molar-refractivity contribution in [1.82, 2.24) is 14.5 Å². The van der Waals surface area contributed by atoms with Gasteiger partial charge in [0.1, 0.15) is 18.2 Å². The Labute approximate surface area is 240 Å². The van der Waals surface area contributed by atoms with Crippen molar-refractivity contribution in [2.24, 2.45) is 0 Å². The highest BCUT2D eigenvalue weighted by atomic mass is 32.2. The number of nitrogens with zero attached hydrogens (tertiary/aromatic N) is 4. The van der Waals surface area contributed by atoms with Crippen molar-refractivity contribution in [2.45, 2.75) is 36.3 Å². The van der Waals surface area contributed by atoms with Crippen LogP contribution in [0.25, 0.3) is 11.1 Å². The molecule has 0 aliphatic heterocycles. The van der Waals surface area contributed by atoms with Crippen LogP contribution in [-0.2, 0) is 25.9 Å². The van der Waals surface area contributed by atoms with E-state index in [1.54, 1.807) is 25.1 Å². The molecule has 2 heterocycles. The van der Waals surface area contributed by atoms with Gasteiger partial charge in [0.05, 0.1) is 29.2 Å². The second kappa shape index (κ2) is 12.6. The molecule has 1 N–H and O–H groups in total. The zero-order valence-corrected chi connectivity index (χ0v) is 23.7. The Bertz CT molecular complexity index is 1850. The first-order valence-corrected chi connectivity index (χ1v) is 14.1. The number of hydrogen-bond donors (Lipinski definition) is 1. The Balaban J connectivity index is 1.93. The second-order valence-electron chi connectivity index (χ2n) is 9.12. The van der Waals surface area contributed by atoms with Crippen LogP contribution in [-0.4, -0.2) is 48.4 Å². The Kier molecular flexibility index (Phi) is 9.11. The summed E-state index contributed by atoms with van der Waals surface area (Å²) in [6, 6.07) is 11.6. The molecule has 2 aromatic heterocycles. The number of rotatable bonds is 10. The molecule has 0 saturated carbocycles. The van der Waals surface area contributed by atoms with E-state index in [0.29, 0.717) is 11.6 Å². The summed E-state index contributed by atoms with van der Waals surface area (Å²) in [7, 11) is -3.47. The molecule has 0 aliphatic carbocycles. The second-order valence-corrected chi connectivity index (χ2v) is 11.0. The summed E-state index contributed by atoms with van der Waals surface area (Å²) < 4.78 is 68.5. The van der Waals surface area contributed by atoms with Gasteiger partial charge < -0.3 is 14.6 Å². The summed E-state index contributed by atoms with van der Waals surface area (Å²) in [5.74, 6) is -3.00. The summed E-state index contributed by atoms with van der Waals surface area (Å²) >= 11 is 0. The lowest BCUT2D eigenvalue weighted by Gasteiger charge is -2.24. The Morgan fingerprint density at radius 2 is 1.90 bits per heavy atom. The quantitative estimate of drug-likeness (QED) is 0.268. The molecule has 2 aromatic carbocycles. The van der Waals surface area contributed by atoms with Crippen molar-refractivity contribution in [1.29, 1.82) is 5.26 Å². The van der Waals surface area contributed by atoms with Crippen LogP contribution >= 0.6 is 0 Å². The highest BCUT2D eigenvalue weighted by Crippen LogP contribution is 2.32. The molecule has 0 fully saturated rings. The lowest BCUT2D eigenvalue weighted by Crippen LogP contribution is -2.35. The predicted octanol–water partition coefficient (Wildman–Crippen LogP) is 4.07. The largest absolute Gasteiger partial charge is 0.492 e. The lowest BCUT2D eigenvalue weighted by molar-refractivity contribution is 0.116. The summed E-state index contributed by atoms with van der Waals surface area (Å²) in [4.78, 5) is 19.7. The fourth-order valence-electron chi connectivity index (χ4n) is 4.50. The van der Waals surface area contributed by atoms with Crippen molar-refractivity contribution >= 4 is 9.84 Å². The zero-order valence-electron chi connectivity index (χ0n) is 22.8. The third-order valence-electron chi connectivity index (χ3n) is 6.55. The van der Waals surface area contributed by atoms with Gasteiger partial charge in [-0.15, -0.1) is 0 Å². The van der Waals surface area contributed by atoms with Gasteiger partial charge in [-0.3, -0.25) is 9.36 Å². The van der Waals surface area contributed by atoms with Crippen molar-refractivity contribution in [3.8, 4) is 23.1 Å². The van der Waals surface area contributed by atoms with Crippen molar-refractivity contribution in [3.05, 3.63) is 99.4 Å². The third-order valence-corrected chi connectivity index (χ3v) is 8.32. The molecular formula is C29H26F2N4O6S. The van der Waals surface area contributed by atoms with Gasteiger partial charge >= 0.3 is 0 Å². The van der Waals surface area contributed by atoms with E-state index >= 15 is 4.39 Å². The topological polar surface area (TPSA) is 144 Å². The van der Waals surface area contributed by atoms with E-state index in [0.717, 1.165) is 22.9 Å². The van der Waals surface area contributed by atoms with Crippen LogP contribution in [0, 0.1) is 30.0 Å². The van der Waals surface area contributed by atoms with E-state index < -0.39 is 48.9 Å². The van der Waals surface area contributed by atoms with E-state index in [-0.39, 0.29) is 47.9 Å². The molecule has 218 valence electrons. The van der Waals surface area contributed by atoms with E-state index in [1.807, 2.05) is 6.07 Å². The molecular weight excluding hydrogens is 570 g/mol. The van der Waals surface area contributed by atoms with Crippen LogP contribution in [0.4, 0.5) is 8.78 Å². The average molecular weight is 597 g/mol. The van der Waals surface area contributed by atoms with E-state index in [9.17, 15) is 28.0 Å². The molecule has 1 atom stereocenters. The molecule has 4 rings (SSSR count). The van der Waals surface area contributed by atoms with Gasteiger partial charge in [0.15, 0.2) is 4.90 Å². The summed E-state index contributed by atoms with van der Waals surface area (Å²) in [6.45, 7) is 2.93. The molecule has 13 heteroatoms. The normalized spacial score (nSPS) is 12.2. The number of hydrogen-bond acceptors (Lipinski definition) is 9. The molecule has 42 heavy (non-hydrogen) atoms. The van der Waals surface area contributed by atoms with Gasteiger partial charge in [-0.25, -0.2) is 17.8 Å². The maximum Gasteiger partial charge on any atom is 0.277 e. The number of benzene rings is 2. The maximum absolute atomic E-state index is 15.3. The van der Waals surface area contributed by atoms with Crippen LogP contribution < -0.4 is 5.56 Å². The first kappa shape index (κ1) is 30.4. The van der Waals surface area contributed by atoms with Crippen molar-refractivity contribution in [3.63, 3.8) is 0 Å². The number of pyridine rings is 1. The molecule has 0 saturated heterocycles. The minimum atomic E-state index is -4.85. The highest BCUT2D eigenvalue weighted by molar-refractivity contribution is 7.91. The smallest absolute Gasteiger partial charge is 0.277 e. The number of aromatic hydroxyl groups is 1. The minimum Gasteiger partial charge on any atom is -0.492 e. The van der Waals surface area contributed by atoms with Crippen LogP contribution in [0.15, 0.2) is 69.3 Å². The van der Waals surface area contributed by atoms with Gasteiger partial charge in [-0.05, 0) is 55.3 Å². The van der Waals surface area contributed by atoms with Crippen LogP contribution in [0.1, 0.15) is 35.5 Å². The molecule has 0 aliphatic rings. The SMILES string of the molecule is CCOCc1nc(O)c(S(=O)(=O)c2ccc(-c3ccnc(F)c3C)c(F)c2)c(=O)n1C(COC)c1cccc(C#N)c1. The Morgan fingerprint density at radius 1 is 1.14 bits per heavy atom. The average Bonchev–Trinajstić information content (AvgIpc) is 2.96. The zero-order chi connectivity index (χ0) is 30.6. The van der Waals surface area contributed by atoms with Gasteiger partial charge in [-0.1, -0.05) is 18.2 Å². The molecule has 1 unspecified atom stereocenters. The monoisotopic (exact) mass is 596 g/mol. The van der Waals surface area contributed by atoms with E-state index in [4.69, 9.17) is 9.47 Å². The summed E-state index contributed by atoms with van der Waals surface area (Å²) in [5, 5.41) is 20.1. The number of sulfone groups is 1. The number of ether oxygens (including phenoxy) is 2. The number of halogens is 2. The Morgan fingerprint density at radius 3 is 2.57 bits per heavy atom. The molecule has 10 nitrogen and oxygen atoms in total. The summed E-state index contributed by atoms with van der Waals surface area (Å²) in [6.07, 6.45) is 1.15. The van der Waals surface area contributed by atoms with Crippen LogP contribution in [0.3, 0.4) is 0 Å². The number of methoxy groups -OCH3 is 1. The van der Waals surface area contributed by atoms with Crippen LogP contribution in [0.5, 0.6) is 5.88 Å². The third kappa shape index (κ3) is 5.78. The van der Waals surface area contributed by atoms with Gasteiger partial charge in [0.25, 0.3) is 5.56 Å². The molecule has 4 aromatic rings. The molecule has 0 bridgehead atoms. The standard InChI is InChI=1S/C29H26F2N4O6S/c1-4-41-16-25-34-28(36)26(29(37)35(25)24(15-40-3)19-7-5-6-18(12-19)14-32)42(38,39)20-8-9-22(23(30)13-20)21-10-11-33-27(31)17(21)2/h5-13,24,36H,4,15-16H2,1-3H3. The Hall–Kier alpha value is -4.51. The van der Waals surface area contributed by atoms with Crippen molar-refractivity contribution < 1.29 is 31.8 Å². The minimum absolute atomic E-state index is 0.0614. The predicted molar refractivity (Wildman–Crippen MR) is 146 cm³/mol. The molecule has 0 radical (unpaired) electrons. The number of aromatic nitrogens is 3. The maximum atomic E-state index is 15.3. The van der Waals surface area contributed by atoms with Crippen LogP contribution in [0.2, 0.25) is 0 Å². The van der Waals surface area contributed by atoms with Gasteiger partial charge in [-0.2, -0.15) is 14.6 Å². The molecule has 0 spiro atoms. The van der Waals surface area contributed by atoms with E-state index in [2.05, 4.69) is 9.97 Å². The molecule has 0 amide bonds. The summed E-state index contributed by atoms with van der Waals surface area (Å²) in [5.41, 5.74) is -0.297. The first-order chi connectivity index (χ1) is 20.0. The van der Waals surface area contributed by atoms with E-state index in [1.165, 1.54) is 26.2 Å².